The first-order valence-electron chi connectivity index (χ1n) is 7.35. The zero-order valence-corrected chi connectivity index (χ0v) is 12.6. The fraction of sp³-hybridized carbons (Fsp3) is 0.471. The van der Waals surface area contributed by atoms with Crippen LogP contribution in [-0.2, 0) is 4.74 Å². The molecule has 1 aromatic carbocycles. The second-order valence-corrected chi connectivity index (χ2v) is 5.23. The molecule has 3 nitrogen and oxygen atoms in total. The van der Waals surface area contributed by atoms with Crippen LogP contribution >= 0.6 is 0 Å². The molecule has 1 heterocycles. The van der Waals surface area contributed by atoms with E-state index >= 15 is 0 Å². The van der Waals surface area contributed by atoms with Crippen molar-refractivity contribution in [3.63, 3.8) is 0 Å². The highest BCUT2D eigenvalue weighted by Crippen LogP contribution is 2.27. The van der Waals surface area contributed by atoms with Gasteiger partial charge in [-0.2, -0.15) is 0 Å². The first-order chi connectivity index (χ1) is 9.76. The maximum absolute atomic E-state index is 5.44. The molecule has 0 amide bonds. The van der Waals surface area contributed by atoms with Crippen molar-refractivity contribution in [2.75, 3.05) is 13.7 Å². The Hall–Kier alpha value is -1.45. The third-order valence-electron chi connectivity index (χ3n) is 3.70. The van der Waals surface area contributed by atoms with Crippen molar-refractivity contribution in [3.05, 3.63) is 42.2 Å². The molecule has 1 N–H and O–H groups in total. The predicted octanol–water partition coefficient (Wildman–Crippen LogP) is 3.70. The van der Waals surface area contributed by atoms with Gasteiger partial charge in [-0.1, -0.05) is 25.1 Å². The van der Waals surface area contributed by atoms with Gasteiger partial charge in [-0.05, 0) is 43.3 Å². The summed E-state index contributed by atoms with van der Waals surface area (Å²) in [5.41, 5.74) is 1.31. The fourth-order valence-electron chi connectivity index (χ4n) is 2.51. The normalized spacial score (nSPS) is 14.3. The van der Waals surface area contributed by atoms with E-state index in [1.165, 1.54) is 16.3 Å². The van der Waals surface area contributed by atoms with Crippen LogP contribution in [0.25, 0.3) is 10.8 Å². The van der Waals surface area contributed by atoms with Crippen LogP contribution in [0.5, 0.6) is 0 Å². The SMILES string of the molecule is CCCNC(CC(C)OC)c1cccc2ccncc12. The number of nitrogens with zero attached hydrogens (tertiary/aromatic N) is 1. The van der Waals surface area contributed by atoms with Gasteiger partial charge in [0.2, 0.25) is 0 Å². The predicted molar refractivity (Wildman–Crippen MR) is 83.9 cm³/mol. The van der Waals surface area contributed by atoms with Crippen LogP contribution in [0.15, 0.2) is 36.7 Å². The van der Waals surface area contributed by atoms with E-state index in [0.29, 0.717) is 6.04 Å². The van der Waals surface area contributed by atoms with Gasteiger partial charge < -0.3 is 10.1 Å². The summed E-state index contributed by atoms with van der Waals surface area (Å²) in [5.74, 6) is 0. The summed E-state index contributed by atoms with van der Waals surface area (Å²) in [6.07, 6.45) is 6.13. The molecule has 0 spiro atoms. The van der Waals surface area contributed by atoms with Gasteiger partial charge in [0.25, 0.3) is 0 Å². The molecule has 0 fully saturated rings. The Labute approximate surface area is 121 Å². The summed E-state index contributed by atoms with van der Waals surface area (Å²) in [6, 6.07) is 8.82. The van der Waals surface area contributed by atoms with Crippen LogP contribution in [-0.4, -0.2) is 24.7 Å². The smallest absolute Gasteiger partial charge is 0.0561 e. The Morgan fingerprint density at radius 3 is 2.90 bits per heavy atom. The minimum atomic E-state index is 0.233. The number of aromatic nitrogens is 1. The second kappa shape index (κ2) is 7.36. The second-order valence-electron chi connectivity index (χ2n) is 5.23. The third-order valence-corrected chi connectivity index (χ3v) is 3.70. The largest absolute Gasteiger partial charge is 0.382 e. The lowest BCUT2D eigenvalue weighted by Gasteiger charge is -2.23. The molecule has 3 heteroatoms. The van der Waals surface area contributed by atoms with E-state index in [9.17, 15) is 0 Å². The summed E-state index contributed by atoms with van der Waals surface area (Å²) < 4.78 is 5.44. The van der Waals surface area contributed by atoms with Gasteiger partial charge in [0.1, 0.15) is 0 Å². The number of hydrogen-bond acceptors (Lipinski definition) is 3. The highest BCUT2D eigenvalue weighted by molar-refractivity contribution is 5.85. The number of methoxy groups -OCH3 is 1. The summed E-state index contributed by atoms with van der Waals surface area (Å²) in [6.45, 7) is 5.32. The summed E-state index contributed by atoms with van der Waals surface area (Å²) >= 11 is 0. The van der Waals surface area contributed by atoms with E-state index < -0.39 is 0 Å². The molecule has 0 bridgehead atoms. The van der Waals surface area contributed by atoms with Crippen molar-refractivity contribution in [2.45, 2.75) is 38.8 Å². The molecule has 0 aliphatic carbocycles. The third kappa shape index (κ3) is 3.56. The van der Waals surface area contributed by atoms with E-state index in [-0.39, 0.29) is 6.10 Å². The lowest BCUT2D eigenvalue weighted by Crippen LogP contribution is -2.26. The van der Waals surface area contributed by atoms with Crippen LogP contribution in [0.3, 0.4) is 0 Å². The minimum absolute atomic E-state index is 0.233. The number of hydrogen-bond donors (Lipinski definition) is 1. The van der Waals surface area contributed by atoms with Gasteiger partial charge in [-0.15, -0.1) is 0 Å². The number of nitrogens with one attached hydrogen (secondary N) is 1. The quantitative estimate of drug-likeness (QED) is 0.834. The summed E-state index contributed by atoms with van der Waals surface area (Å²) in [5, 5.41) is 6.11. The monoisotopic (exact) mass is 272 g/mol. The molecule has 0 aliphatic rings. The van der Waals surface area contributed by atoms with Crippen molar-refractivity contribution in [2.24, 2.45) is 0 Å². The van der Waals surface area contributed by atoms with Crippen molar-refractivity contribution in [1.29, 1.82) is 0 Å². The lowest BCUT2D eigenvalue weighted by atomic mass is 9.96. The lowest BCUT2D eigenvalue weighted by molar-refractivity contribution is 0.101. The fourth-order valence-corrected chi connectivity index (χ4v) is 2.51. The first kappa shape index (κ1) is 14.9. The zero-order valence-electron chi connectivity index (χ0n) is 12.6. The Morgan fingerprint density at radius 2 is 2.15 bits per heavy atom. The standard InChI is InChI=1S/C17H24N2O/c1-4-9-19-17(11-13(2)20-3)15-7-5-6-14-8-10-18-12-16(14)15/h5-8,10,12-13,17,19H,4,9,11H2,1-3H3. The Balaban J connectivity index is 2.34. The molecule has 1 aromatic heterocycles. The van der Waals surface area contributed by atoms with Gasteiger partial charge in [0, 0.05) is 30.9 Å². The van der Waals surface area contributed by atoms with Gasteiger partial charge in [-0.3, -0.25) is 4.98 Å². The van der Waals surface area contributed by atoms with Crippen molar-refractivity contribution in [3.8, 4) is 0 Å². The number of fused-ring (bicyclic) bond motifs is 1. The van der Waals surface area contributed by atoms with Crippen LogP contribution in [0.2, 0.25) is 0 Å². The van der Waals surface area contributed by atoms with Crippen LogP contribution < -0.4 is 5.32 Å². The average molecular weight is 272 g/mol. The Bertz CT molecular complexity index is 536. The minimum Gasteiger partial charge on any atom is -0.382 e. The van der Waals surface area contributed by atoms with Gasteiger partial charge >= 0.3 is 0 Å². The van der Waals surface area contributed by atoms with E-state index in [1.807, 2.05) is 12.4 Å². The Morgan fingerprint density at radius 1 is 1.30 bits per heavy atom. The van der Waals surface area contributed by atoms with Gasteiger partial charge in [-0.25, -0.2) is 0 Å². The highest BCUT2D eigenvalue weighted by Gasteiger charge is 2.16. The first-order valence-corrected chi connectivity index (χ1v) is 7.35. The zero-order chi connectivity index (χ0) is 14.4. The molecule has 2 rings (SSSR count). The highest BCUT2D eigenvalue weighted by atomic mass is 16.5. The van der Waals surface area contributed by atoms with Crippen molar-refractivity contribution in [1.82, 2.24) is 10.3 Å². The molecule has 2 aromatic rings. The van der Waals surface area contributed by atoms with E-state index in [1.54, 1.807) is 7.11 Å². The topological polar surface area (TPSA) is 34.1 Å². The molecular weight excluding hydrogens is 248 g/mol. The number of pyridine rings is 1. The summed E-state index contributed by atoms with van der Waals surface area (Å²) in [4.78, 5) is 4.28. The van der Waals surface area contributed by atoms with Gasteiger partial charge in [0.05, 0.1) is 6.10 Å². The molecule has 2 unspecified atom stereocenters. The van der Waals surface area contributed by atoms with Crippen LogP contribution in [0.4, 0.5) is 0 Å². The molecule has 2 atom stereocenters. The van der Waals surface area contributed by atoms with Crippen molar-refractivity contribution < 1.29 is 4.74 Å². The molecule has 108 valence electrons. The van der Waals surface area contributed by atoms with Crippen LogP contribution in [0.1, 0.15) is 38.3 Å². The van der Waals surface area contributed by atoms with E-state index in [2.05, 4.69) is 48.4 Å². The molecule has 0 saturated carbocycles. The molecule has 0 aliphatic heterocycles. The molecular formula is C17H24N2O. The van der Waals surface area contributed by atoms with Gasteiger partial charge in [0.15, 0.2) is 0 Å². The molecule has 0 radical (unpaired) electrons. The molecule has 0 saturated heterocycles. The van der Waals surface area contributed by atoms with Crippen LogP contribution in [0, 0.1) is 0 Å². The van der Waals surface area contributed by atoms with E-state index in [4.69, 9.17) is 4.74 Å². The molecule has 20 heavy (non-hydrogen) atoms. The van der Waals surface area contributed by atoms with E-state index in [0.717, 1.165) is 19.4 Å². The summed E-state index contributed by atoms with van der Waals surface area (Å²) in [7, 11) is 1.77. The Kier molecular flexibility index (Phi) is 5.50. The number of benzene rings is 1. The maximum Gasteiger partial charge on any atom is 0.0561 e. The maximum atomic E-state index is 5.44. The number of ether oxygens (including phenoxy) is 1. The number of rotatable bonds is 7. The van der Waals surface area contributed by atoms with Crippen molar-refractivity contribution >= 4 is 10.8 Å². The average Bonchev–Trinajstić information content (AvgIpc) is 2.50.